The number of halogens is 1. The van der Waals surface area contributed by atoms with E-state index >= 15 is 0 Å². The first-order chi connectivity index (χ1) is 10.1. The molecule has 2 rings (SSSR count). The summed E-state index contributed by atoms with van der Waals surface area (Å²) in [6.45, 7) is 10.1. The monoisotopic (exact) mass is 353 g/mol. The SMILES string of the molecule is CCCC1CN(Cc2cncc(Br)c2)C(CC)(CC)CN1. The van der Waals surface area contributed by atoms with E-state index in [1.165, 1.54) is 31.2 Å². The maximum absolute atomic E-state index is 4.32. The van der Waals surface area contributed by atoms with Gasteiger partial charge in [0.25, 0.3) is 0 Å². The first-order valence-corrected chi connectivity index (χ1v) is 9.00. The van der Waals surface area contributed by atoms with Crippen LogP contribution < -0.4 is 5.32 Å². The number of nitrogens with zero attached hydrogens (tertiary/aromatic N) is 2. The van der Waals surface area contributed by atoms with Crippen LogP contribution in [0.1, 0.15) is 52.0 Å². The standard InChI is InChI=1S/C17H28BrN3/c1-4-7-16-12-21(17(5-2,6-3)13-20-16)11-14-8-15(18)10-19-9-14/h8-10,16,20H,4-7,11-13H2,1-3H3. The second-order valence-electron chi connectivity index (χ2n) is 6.19. The topological polar surface area (TPSA) is 28.2 Å². The second kappa shape index (κ2) is 7.70. The van der Waals surface area contributed by atoms with Gasteiger partial charge in [-0.1, -0.05) is 27.2 Å². The smallest absolute Gasteiger partial charge is 0.0410 e. The maximum Gasteiger partial charge on any atom is 0.0410 e. The molecule has 2 heterocycles. The van der Waals surface area contributed by atoms with Gasteiger partial charge in [-0.15, -0.1) is 0 Å². The molecule has 0 bridgehead atoms. The fraction of sp³-hybridized carbons (Fsp3) is 0.706. The number of pyridine rings is 1. The lowest BCUT2D eigenvalue weighted by atomic mass is 9.86. The molecule has 0 spiro atoms. The van der Waals surface area contributed by atoms with Gasteiger partial charge in [-0.3, -0.25) is 9.88 Å². The highest BCUT2D eigenvalue weighted by Gasteiger charge is 2.38. The Morgan fingerprint density at radius 2 is 2.10 bits per heavy atom. The van der Waals surface area contributed by atoms with Crippen LogP contribution in [0.15, 0.2) is 22.9 Å². The zero-order valence-electron chi connectivity index (χ0n) is 13.5. The van der Waals surface area contributed by atoms with Crippen molar-refractivity contribution >= 4 is 15.9 Å². The summed E-state index contributed by atoms with van der Waals surface area (Å²) in [6.07, 6.45) is 8.74. The molecule has 0 amide bonds. The molecule has 1 aromatic rings. The molecule has 4 heteroatoms. The van der Waals surface area contributed by atoms with E-state index in [0.29, 0.717) is 6.04 Å². The van der Waals surface area contributed by atoms with Gasteiger partial charge in [0.05, 0.1) is 0 Å². The number of rotatable bonds is 6. The lowest BCUT2D eigenvalue weighted by Crippen LogP contribution is -2.63. The molecule has 1 unspecified atom stereocenters. The van der Waals surface area contributed by atoms with Gasteiger partial charge >= 0.3 is 0 Å². The van der Waals surface area contributed by atoms with Crippen molar-refractivity contribution < 1.29 is 0 Å². The predicted molar refractivity (Wildman–Crippen MR) is 92.4 cm³/mol. The van der Waals surface area contributed by atoms with Crippen LogP contribution in [0.2, 0.25) is 0 Å². The Hall–Kier alpha value is -0.450. The average molecular weight is 354 g/mol. The minimum atomic E-state index is 0.284. The fourth-order valence-corrected chi connectivity index (χ4v) is 3.87. The molecular formula is C17H28BrN3. The number of piperazine rings is 1. The zero-order valence-corrected chi connectivity index (χ0v) is 15.1. The maximum atomic E-state index is 4.32. The zero-order chi connectivity index (χ0) is 15.3. The third-order valence-electron chi connectivity index (χ3n) is 4.92. The van der Waals surface area contributed by atoms with E-state index in [1.807, 2.05) is 12.4 Å². The molecule has 1 aliphatic rings. The van der Waals surface area contributed by atoms with Crippen LogP contribution in [-0.4, -0.2) is 34.6 Å². The van der Waals surface area contributed by atoms with Gasteiger partial charge in [0.1, 0.15) is 0 Å². The summed E-state index contributed by atoms with van der Waals surface area (Å²) >= 11 is 3.53. The first-order valence-electron chi connectivity index (χ1n) is 8.21. The quantitative estimate of drug-likeness (QED) is 0.838. The number of hydrogen-bond donors (Lipinski definition) is 1. The van der Waals surface area contributed by atoms with Gasteiger partial charge in [0.2, 0.25) is 0 Å². The summed E-state index contributed by atoms with van der Waals surface area (Å²) in [7, 11) is 0. The van der Waals surface area contributed by atoms with Crippen LogP contribution >= 0.6 is 15.9 Å². The van der Waals surface area contributed by atoms with E-state index in [-0.39, 0.29) is 5.54 Å². The van der Waals surface area contributed by atoms with Gasteiger partial charge in [-0.25, -0.2) is 0 Å². The van der Waals surface area contributed by atoms with Crippen molar-refractivity contribution in [1.29, 1.82) is 0 Å². The van der Waals surface area contributed by atoms with Crippen molar-refractivity contribution in [1.82, 2.24) is 15.2 Å². The molecule has 118 valence electrons. The van der Waals surface area contributed by atoms with E-state index in [2.05, 4.69) is 58.0 Å². The Kier molecular flexibility index (Phi) is 6.20. The van der Waals surface area contributed by atoms with Gasteiger partial charge in [0.15, 0.2) is 0 Å². The van der Waals surface area contributed by atoms with Crippen LogP contribution in [0.4, 0.5) is 0 Å². The molecule has 1 aliphatic heterocycles. The van der Waals surface area contributed by atoms with E-state index in [4.69, 9.17) is 0 Å². The van der Waals surface area contributed by atoms with Crippen LogP contribution in [0.3, 0.4) is 0 Å². The average Bonchev–Trinajstić information content (AvgIpc) is 2.49. The van der Waals surface area contributed by atoms with Crippen LogP contribution in [0.25, 0.3) is 0 Å². The molecule has 0 saturated carbocycles. The third-order valence-corrected chi connectivity index (χ3v) is 5.35. The summed E-state index contributed by atoms with van der Waals surface area (Å²) in [6, 6.07) is 2.82. The molecule has 0 radical (unpaired) electrons. The predicted octanol–water partition coefficient (Wildman–Crippen LogP) is 3.98. The minimum absolute atomic E-state index is 0.284. The normalized spacial score (nSPS) is 22.4. The molecule has 1 aromatic heterocycles. The Morgan fingerprint density at radius 3 is 2.71 bits per heavy atom. The minimum Gasteiger partial charge on any atom is -0.311 e. The van der Waals surface area contributed by atoms with Crippen LogP contribution in [0, 0.1) is 0 Å². The van der Waals surface area contributed by atoms with Crippen molar-refractivity contribution in [2.45, 2.75) is 64.6 Å². The molecule has 1 atom stereocenters. The van der Waals surface area contributed by atoms with Crippen LogP contribution in [-0.2, 0) is 6.54 Å². The Bertz CT molecular complexity index is 445. The molecular weight excluding hydrogens is 326 g/mol. The molecule has 1 saturated heterocycles. The highest BCUT2D eigenvalue weighted by atomic mass is 79.9. The third kappa shape index (κ3) is 4.05. The van der Waals surface area contributed by atoms with Crippen molar-refractivity contribution in [3.63, 3.8) is 0 Å². The lowest BCUT2D eigenvalue weighted by molar-refractivity contribution is 0.0227. The number of hydrogen-bond acceptors (Lipinski definition) is 3. The number of aromatic nitrogens is 1. The number of nitrogens with one attached hydrogen (secondary N) is 1. The van der Waals surface area contributed by atoms with E-state index in [9.17, 15) is 0 Å². The Balaban J connectivity index is 2.16. The molecule has 21 heavy (non-hydrogen) atoms. The Labute approximate surface area is 137 Å². The second-order valence-corrected chi connectivity index (χ2v) is 7.11. The highest BCUT2D eigenvalue weighted by Crippen LogP contribution is 2.29. The van der Waals surface area contributed by atoms with Crippen LogP contribution in [0.5, 0.6) is 0 Å². The van der Waals surface area contributed by atoms with Gasteiger partial charge in [0, 0.05) is 48.1 Å². The summed E-state index contributed by atoms with van der Waals surface area (Å²) in [5.41, 5.74) is 1.58. The molecule has 0 aromatic carbocycles. The van der Waals surface area contributed by atoms with Crippen molar-refractivity contribution in [2.75, 3.05) is 13.1 Å². The Morgan fingerprint density at radius 1 is 1.33 bits per heavy atom. The molecule has 1 fully saturated rings. The lowest BCUT2D eigenvalue weighted by Gasteiger charge is -2.50. The molecule has 0 aliphatic carbocycles. The van der Waals surface area contributed by atoms with Crippen molar-refractivity contribution in [2.24, 2.45) is 0 Å². The summed E-state index contributed by atoms with van der Waals surface area (Å²) in [5.74, 6) is 0. The van der Waals surface area contributed by atoms with Gasteiger partial charge in [-0.2, -0.15) is 0 Å². The summed E-state index contributed by atoms with van der Waals surface area (Å²) in [4.78, 5) is 7.00. The fourth-order valence-electron chi connectivity index (χ4n) is 3.45. The van der Waals surface area contributed by atoms with E-state index in [1.54, 1.807) is 0 Å². The van der Waals surface area contributed by atoms with Crippen molar-refractivity contribution in [3.05, 3.63) is 28.5 Å². The molecule has 1 N–H and O–H groups in total. The van der Waals surface area contributed by atoms with E-state index < -0.39 is 0 Å². The molecule has 3 nitrogen and oxygen atoms in total. The summed E-state index contributed by atoms with van der Waals surface area (Å²) in [5, 5.41) is 3.77. The first kappa shape index (κ1) is 16.9. The largest absolute Gasteiger partial charge is 0.311 e. The van der Waals surface area contributed by atoms with Gasteiger partial charge < -0.3 is 5.32 Å². The van der Waals surface area contributed by atoms with Gasteiger partial charge in [-0.05, 0) is 46.8 Å². The summed E-state index contributed by atoms with van der Waals surface area (Å²) < 4.78 is 1.07. The highest BCUT2D eigenvalue weighted by molar-refractivity contribution is 9.10. The van der Waals surface area contributed by atoms with E-state index in [0.717, 1.165) is 24.1 Å². The van der Waals surface area contributed by atoms with Crippen molar-refractivity contribution in [3.8, 4) is 0 Å².